The molecule has 1 aromatic carbocycles. The Labute approximate surface area is 142 Å². The standard InChI is InChI=1S/C17H24ClN3O2/c1-2-16(22)20-15-8-7-13(12-14(15)18)19-17(23)6-5-11-21-9-3-4-10-21/h7-8,12H,2-6,9-11H2,1H3,(H,19,23)(H,20,22). The first-order valence-corrected chi connectivity index (χ1v) is 8.58. The van der Waals surface area contributed by atoms with Crippen LogP contribution in [0.25, 0.3) is 0 Å². The van der Waals surface area contributed by atoms with Crippen LogP contribution in [0.4, 0.5) is 11.4 Å². The molecule has 2 N–H and O–H groups in total. The molecule has 5 nitrogen and oxygen atoms in total. The SMILES string of the molecule is CCC(=O)Nc1ccc(NC(=O)CCCN2CCCC2)cc1Cl. The van der Waals surface area contributed by atoms with Crippen molar-refractivity contribution >= 4 is 34.8 Å². The Hall–Kier alpha value is -1.59. The Balaban J connectivity index is 1.78. The minimum absolute atomic E-state index is 0.00870. The van der Waals surface area contributed by atoms with Crippen LogP contribution in [0, 0.1) is 0 Å². The van der Waals surface area contributed by atoms with Gasteiger partial charge in [0.1, 0.15) is 0 Å². The summed E-state index contributed by atoms with van der Waals surface area (Å²) in [7, 11) is 0. The highest BCUT2D eigenvalue weighted by Crippen LogP contribution is 2.25. The predicted molar refractivity (Wildman–Crippen MR) is 93.9 cm³/mol. The summed E-state index contributed by atoms with van der Waals surface area (Å²) in [6, 6.07) is 5.11. The van der Waals surface area contributed by atoms with Gasteiger partial charge in [0.25, 0.3) is 0 Å². The number of amides is 2. The number of benzene rings is 1. The molecule has 0 aliphatic carbocycles. The molecule has 1 aliphatic rings. The molecule has 1 heterocycles. The molecule has 2 amide bonds. The Kier molecular flexibility index (Phi) is 6.86. The van der Waals surface area contributed by atoms with Crippen molar-refractivity contribution in [3.8, 4) is 0 Å². The summed E-state index contributed by atoms with van der Waals surface area (Å²) in [4.78, 5) is 25.7. The Morgan fingerprint density at radius 3 is 2.57 bits per heavy atom. The number of carbonyl (C=O) groups is 2. The molecule has 0 spiro atoms. The zero-order valence-corrected chi connectivity index (χ0v) is 14.3. The molecule has 0 atom stereocenters. The van der Waals surface area contributed by atoms with Gasteiger partial charge in [-0.2, -0.15) is 0 Å². The molecule has 0 bridgehead atoms. The van der Waals surface area contributed by atoms with E-state index >= 15 is 0 Å². The van der Waals surface area contributed by atoms with Crippen LogP contribution in [0.5, 0.6) is 0 Å². The van der Waals surface area contributed by atoms with Gasteiger partial charge in [0.15, 0.2) is 0 Å². The van der Waals surface area contributed by atoms with Crippen LogP contribution in [0.1, 0.15) is 39.0 Å². The lowest BCUT2D eigenvalue weighted by molar-refractivity contribution is -0.117. The molecule has 6 heteroatoms. The van der Waals surface area contributed by atoms with Gasteiger partial charge >= 0.3 is 0 Å². The Bertz CT molecular complexity index is 557. The van der Waals surface area contributed by atoms with Crippen LogP contribution in [0.2, 0.25) is 5.02 Å². The first-order valence-electron chi connectivity index (χ1n) is 8.20. The topological polar surface area (TPSA) is 61.4 Å². The van der Waals surface area contributed by atoms with Gasteiger partial charge in [-0.25, -0.2) is 0 Å². The summed E-state index contributed by atoms with van der Waals surface area (Å²) in [6.07, 6.45) is 4.30. The molecule has 0 saturated carbocycles. The Morgan fingerprint density at radius 2 is 1.91 bits per heavy atom. The first kappa shape index (κ1) is 17.8. The molecule has 1 aromatic rings. The molecule has 126 valence electrons. The lowest BCUT2D eigenvalue weighted by atomic mass is 10.2. The van der Waals surface area contributed by atoms with Gasteiger partial charge < -0.3 is 15.5 Å². The zero-order chi connectivity index (χ0) is 16.7. The third-order valence-electron chi connectivity index (χ3n) is 3.92. The molecule has 2 rings (SSSR count). The summed E-state index contributed by atoms with van der Waals surface area (Å²) in [6.45, 7) is 5.07. The molecule has 23 heavy (non-hydrogen) atoms. The maximum Gasteiger partial charge on any atom is 0.224 e. The molecule has 1 fully saturated rings. The van der Waals surface area contributed by atoms with Gasteiger partial charge in [-0.15, -0.1) is 0 Å². The van der Waals surface area contributed by atoms with E-state index in [1.54, 1.807) is 25.1 Å². The first-order chi connectivity index (χ1) is 11.1. The van der Waals surface area contributed by atoms with Gasteiger partial charge in [0.05, 0.1) is 10.7 Å². The maximum atomic E-state index is 12.0. The van der Waals surface area contributed by atoms with E-state index in [-0.39, 0.29) is 11.8 Å². The number of carbonyl (C=O) groups excluding carboxylic acids is 2. The monoisotopic (exact) mass is 337 g/mol. The summed E-state index contributed by atoms with van der Waals surface area (Å²) in [5, 5.41) is 5.98. The fraction of sp³-hybridized carbons (Fsp3) is 0.529. The number of anilines is 2. The van der Waals surface area contributed by atoms with Crippen molar-refractivity contribution in [2.45, 2.75) is 39.0 Å². The minimum Gasteiger partial charge on any atom is -0.326 e. The van der Waals surface area contributed by atoms with Gasteiger partial charge in [-0.1, -0.05) is 18.5 Å². The highest BCUT2D eigenvalue weighted by atomic mass is 35.5. The molecule has 0 radical (unpaired) electrons. The van der Waals surface area contributed by atoms with Gasteiger partial charge in [0, 0.05) is 18.5 Å². The second-order valence-electron chi connectivity index (χ2n) is 5.80. The molecular formula is C17H24ClN3O2. The summed E-state index contributed by atoms with van der Waals surface area (Å²) >= 11 is 6.13. The van der Waals surface area contributed by atoms with Crippen LogP contribution in [0.15, 0.2) is 18.2 Å². The van der Waals surface area contributed by atoms with Crippen molar-refractivity contribution in [2.75, 3.05) is 30.3 Å². The number of halogens is 1. The van der Waals surface area contributed by atoms with Gasteiger partial charge in [-0.05, 0) is 57.1 Å². The second-order valence-corrected chi connectivity index (χ2v) is 6.20. The summed E-state index contributed by atoms with van der Waals surface area (Å²) in [5.74, 6) is -0.101. The van der Waals surface area contributed by atoms with E-state index in [0.717, 1.165) is 26.1 Å². The van der Waals surface area contributed by atoms with E-state index in [0.29, 0.717) is 29.2 Å². The smallest absolute Gasteiger partial charge is 0.224 e. The van der Waals surface area contributed by atoms with E-state index in [1.807, 2.05) is 0 Å². The lowest BCUT2D eigenvalue weighted by Gasteiger charge is -2.14. The summed E-state index contributed by atoms with van der Waals surface area (Å²) < 4.78 is 0. The predicted octanol–water partition coefficient (Wildman–Crippen LogP) is 3.50. The molecule has 0 aromatic heterocycles. The molecule has 1 saturated heterocycles. The van der Waals surface area contributed by atoms with E-state index in [1.165, 1.54) is 12.8 Å². The van der Waals surface area contributed by atoms with E-state index in [9.17, 15) is 9.59 Å². The van der Waals surface area contributed by atoms with E-state index < -0.39 is 0 Å². The van der Waals surface area contributed by atoms with Crippen LogP contribution < -0.4 is 10.6 Å². The number of rotatable bonds is 7. The highest BCUT2D eigenvalue weighted by molar-refractivity contribution is 6.34. The van der Waals surface area contributed by atoms with Crippen molar-refractivity contribution in [3.63, 3.8) is 0 Å². The molecule has 1 aliphatic heterocycles. The van der Waals surface area contributed by atoms with Crippen molar-refractivity contribution in [2.24, 2.45) is 0 Å². The fourth-order valence-electron chi connectivity index (χ4n) is 2.63. The Morgan fingerprint density at radius 1 is 1.17 bits per heavy atom. The van der Waals surface area contributed by atoms with E-state index in [4.69, 9.17) is 11.6 Å². The second kappa shape index (κ2) is 8.89. The van der Waals surface area contributed by atoms with Crippen LogP contribution in [-0.4, -0.2) is 36.3 Å². The number of likely N-dealkylation sites (tertiary alicyclic amines) is 1. The number of hydrogen-bond acceptors (Lipinski definition) is 3. The van der Waals surface area contributed by atoms with Crippen molar-refractivity contribution < 1.29 is 9.59 Å². The average Bonchev–Trinajstić information content (AvgIpc) is 3.03. The normalized spacial score (nSPS) is 14.7. The third-order valence-corrected chi connectivity index (χ3v) is 4.24. The average molecular weight is 338 g/mol. The van der Waals surface area contributed by atoms with E-state index in [2.05, 4.69) is 15.5 Å². The maximum absolute atomic E-state index is 12.0. The van der Waals surface area contributed by atoms with Crippen LogP contribution in [-0.2, 0) is 9.59 Å². The van der Waals surface area contributed by atoms with Crippen molar-refractivity contribution in [1.29, 1.82) is 0 Å². The zero-order valence-electron chi connectivity index (χ0n) is 13.5. The quantitative estimate of drug-likeness (QED) is 0.800. The minimum atomic E-state index is -0.0920. The van der Waals surface area contributed by atoms with Crippen LogP contribution >= 0.6 is 11.6 Å². The van der Waals surface area contributed by atoms with Gasteiger partial charge in [0.2, 0.25) is 11.8 Å². The van der Waals surface area contributed by atoms with Crippen molar-refractivity contribution in [3.05, 3.63) is 23.2 Å². The number of hydrogen-bond donors (Lipinski definition) is 2. The van der Waals surface area contributed by atoms with Crippen molar-refractivity contribution in [1.82, 2.24) is 4.90 Å². The van der Waals surface area contributed by atoms with Gasteiger partial charge in [-0.3, -0.25) is 9.59 Å². The third kappa shape index (κ3) is 5.84. The summed E-state index contributed by atoms with van der Waals surface area (Å²) in [5.41, 5.74) is 1.21. The molecule has 0 unspecified atom stereocenters. The molecular weight excluding hydrogens is 314 g/mol. The van der Waals surface area contributed by atoms with Crippen LogP contribution in [0.3, 0.4) is 0 Å². The largest absolute Gasteiger partial charge is 0.326 e. The number of nitrogens with one attached hydrogen (secondary N) is 2. The fourth-order valence-corrected chi connectivity index (χ4v) is 2.85. The highest BCUT2D eigenvalue weighted by Gasteiger charge is 2.12. The number of nitrogens with zero attached hydrogens (tertiary/aromatic N) is 1. The lowest BCUT2D eigenvalue weighted by Crippen LogP contribution is -2.22.